The van der Waals surface area contributed by atoms with Crippen molar-refractivity contribution in [2.75, 3.05) is 38.2 Å². The van der Waals surface area contributed by atoms with Crippen molar-refractivity contribution >= 4 is 23.5 Å². The highest BCUT2D eigenvalue weighted by molar-refractivity contribution is 6.10. The summed E-state index contributed by atoms with van der Waals surface area (Å²) < 4.78 is 5.35. The molecular formula is C20H26N4O4. The van der Waals surface area contributed by atoms with Crippen molar-refractivity contribution in [2.45, 2.75) is 37.8 Å². The zero-order valence-corrected chi connectivity index (χ0v) is 15.9. The van der Waals surface area contributed by atoms with E-state index in [2.05, 4.69) is 15.5 Å². The van der Waals surface area contributed by atoms with E-state index >= 15 is 0 Å². The van der Waals surface area contributed by atoms with Crippen LogP contribution in [-0.4, -0.2) is 66.0 Å². The maximum absolute atomic E-state index is 12.6. The highest BCUT2D eigenvalue weighted by Gasteiger charge is 2.52. The van der Waals surface area contributed by atoms with Crippen LogP contribution >= 0.6 is 0 Å². The van der Waals surface area contributed by atoms with Crippen LogP contribution in [0.3, 0.4) is 0 Å². The minimum Gasteiger partial charge on any atom is -0.379 e. The van der Waals surface area contributed by atoms with E-state index in [1.165, 1.54) is 0 Å². The van der Waals surface area contributed by atoms with E-state index in [-0.39, 0.29) is 18.4 Å². The van der Waals surface area contributed by atoms with E-state index in [9.17, 15) is 14.4 Å². The number of morpholine rings is 1. The zero-order valence-electron chi connectivity index (χ0n) is 15.9. The third kappa shape index (κ3) is 3.88. The first kappa shape index (κ1) is 18.9. The summed E-state index contributed by atoms with van der Waals surface area (Å²) in [4.78, 5) is 40.5. The van der Waals surface area contributed by atoms with E-state index in [1.54, 1.807) is 0 Å². The molecular weight excluding hydrogens is 360 g/mol. The number of carbonyl (C=O) groups excluding carboxylic acids is 3. The number of ether oxygens (including phenoxy) is 1. The zero-order chi connectivity index (χ0) is 19.6. The standard InChI is InChI=1S/C20H26N4O4/c25-17(14-24-18(26)20(22-19(24)27)7-1-2-8-20)21-16-5-3-15(4-6-16)13-23-9-11-28-12-10-23/h3-6H,1-2,7-14H2,(H,21,25)(H,22,27). The summed E-state index contributed by atoms with van der Waals surface area (Å²) in [5.74, 6) is -0.648. The van der Waals surface area contributed by atoms with Crippen LogP contribution < -0.4 is 10.6 Å². The molecule has 2 N–H and O–H groups in total. The Hall–Kier alpha value is -2.45. The van der Waals surface area contributed by atoms with Crippen LogP contribution in [0.1, 0.15) is 31.2 Å². The number of benzene rings is 1. The van der Waals surface area contributed by atoms with Gasteiger partial charge in [-0.15, -0.1) is 0 Å². The molecule has 2 aliphatic heterocycles. The Morgan fingerprint density at radius 2 is 1.79 bits per heavy atom. The van der Waals surface area contributed by atoms with Crippen LogP contribution in [0.25, 0.3) is 0 Å². The maximum atomic E-state index is 12.6. The Morgan fingerprint density at radius 1 is 1.11 bits per heavy atom. The van der Waals surface area contributed by atoms with E-state index in [1.807, 2.05) is 24.3 Å². The monoisotopic (exact) mass is 386 g/mol. The summed E-state index contributed by atoms with van der Waals surface area (Å²) in [7, 11) is 0. The number of nitrogens with zero attached hydrogens (tertiary/aromatic N) is 2. The van der Waals surface area contributed by atoms with Gasteiger partial charge in [0.1, 0.15) is 12.1 Å². The lowest BCUT2D eigenvalue weighted by Crippen LogP contribution is -2.44. The molecule has 2 saturated heterocycles. The molecule has 1 aromatic carbocycles. The van der Waals surface area contributed by atoms with Gasteiger partial charge >= 0.3 is 6.03 Å². The van der Waals surface area contributed by atoms with Gasteiger partial charge in [-0.3, -0.25) is 19.4 Å². The van der Waals surface area contributed by atoms with Crippen LogP contribution in [0, 0.1) is 0 Å². The summed E-state index contributed by atoms with van der Waals surface area (Å²) >= 11 is 0. The first-order chi connectivity index (χ1) is 13.6. The number of hydrogen-bond donors (Lipinski definition) is 2. The molecule has 1 spiro atoms. The maximum Gasteiger partial charge on any atom is 0.325 e. The second kappa shape index (κ2) is 7.89. The molecule has 150 valence electrons. The van der Waals surface area contributed by atoms with Crippen molar-refractivity contribution in [3.63, 3.8) is 0 Å². The molecule has 0 aromatic heterocycles. The van der Waals surface area contributed by atoms with Gasteiger partial charge < -0.3 is 15.4 Å². The summed E-state index contributed by atoms with van der Waals surface area (Å²) in [6.07, 6.45) is 3.15. The average Bonchev–Trinajstić information content (AvgIpc) is 3.25. The number of anilines is 1. The Bertz CT molecular complexity index is 752. The minimum atomic E-state index is -0.779. The normalized spacial score (nSPS) is 21.9. The second-order valence-corrected chi connectivity index (χ2v) is 7.74. The lowest BCUT2D eigenvalue weighted by Gasteiger charge is -2.26. The molecule has 4 amide bonds. The second-order valence-electron chi connectivity index (χ2n) is 7.74. The SMILES string of the molecule is O=C(CN1C(=O)NC2(CCCC2)C1=O)Nc1ccc(CN2CCOCC2)cc1. The van der Waals surface area contributed by atoms with Crippen LogP contribution in [-0.2, 0) is 20.9 Å². The summed E-state index contributed by atoms with van der Waals surface area (Å²) in [6, 6.07) is 7.18. The van der Waals surface area contributed by atoms with Gasteiger partial charge in [-0.05, 0) is 30.5 Å². The number of amides is 4. The predicted octanol–water partition coefficient (Wildman–Crippen LogP) is 1.32. The number of hydrogen-bond acceptors (Lipinski definition) is 5. The molecule has 0 unspecified atom stereocenters. The molecule has 0 atom stereocenters. The molecule has 3 aliphatic rings. The molecule has 8 heteroatoms. The van der Waals surface area contributed by atoms with Crippen molar-refractivity contribution in [3.05, 3.63) is 29.8 Å². The van der Waals surface area contributed by atoms with E-state index in [0.29, 0.717) is 18.5 Å². The van der Waals surface area contributed by atoms with Crippen LogP contribution in [0.5, 0.6) is 0 Å². The fraction of sp³-hybridized carbons (Fsp3) is 0.550. The Labute approximate surface area is 164 Å². The predicted molar refractivity (Wildman–Crippen MR) is 103 cm³/mol. The molecule has 3 fully saturated rings. The largest absolute Gasteiger partial charge is 0.379 e. The van der Waals surface area contributed by atoms with Crippen LogP contribution in [0.2, 0.25) is 0 Å². The summed E-state index contributed by atoms with van der Waals surface area (Å²) in [5, 5.41) is 5.56. The third-order valence-electron chi connectivity index (χ3n) is 5.75. The molecule has 28 heavy (non-hydrogen) atoms. The fourth-order valence-electron chi connectivity index (χ4n) is 4.19. The van der Waals surface area contributed by atoms with Crippen molar-refractivity contribution in [1.82, 2.24) is 15.1 Å². The van der Waals surface area contributed by atoms with Gasteiger partial charge in [0.25, 0.3) is 5.91 Å². The number of carbonyl (C=O) groups is 3. The van der Waals surface area contributed by atoms with Crippen molar-refractivity contribution in [2.24, 2.45) is 0 Å². The highest BCUT2D eigenvalue weighted by Crippen LogP contribution is 2.34. The first-order valence-electron chi connectivity index (χ1n) is 9.89. The third-order valence-corrected chi connectivity index (χ3v) is 5.75. The van der Waals surface area contributed by atoms with Crippen molar-refractivity contribution < 1.29 is 19.1 Å². The van der Waals surface area contributed by atoms with Gasteiger partial charge in [0, 0.05) is 25.3 Å². The van der Waals surface area contributed by atoms with Gasteiger partial charge in [0.15, 0.2) is 0 Å². The van der Waals surface area contributed by atoms with Crippen LogP contribution in [0.4, 0.5) is 10.5 Å². The average molecular weight is 386 g/mol. The van der Waals surface area contributed by atoms with Gasteiger partial charge in [-0.25, -0.2) is 4.79 Å². The van der Waals surface area contributed by atoms with Gasteiger partial charge in [0.05, 0.1) is 13.2 Å². The fourth-order valence-corrected chi connectivity index (χ4v) is 4.19. The van der Waals surface area contributed by atoms with E-state index in [0.717, 1.165) is 56.2 Å². The van der Waals surface area contributed by atoms with Crippen LogP contribution in [0.15, 0.2) is 24.3 Å². The molecule has 1 saturated carbocycles. The molecule has 4 rings (SSSR count). The Balaban J connectivity index is 1.31. The summed E-state index contributed by atoms with van der Waals surface area (Å²) in [6.45, 7) is 3.96. The number of rotatable bonds is 5. The molecule has 2 heterocycles. The molecule has 0 radical (unpaired) electrons. The van der Waals surface area contributed by atoms with Gasteiger partial charge in [0.2, 0.25) is 5.91 Å². The number of imide groups is 1. The van der Waals surface area contributed by atoms with Gasteiger partial charge in [-0.2, -0.15) is 0 Å². The van der Waals surface area contributed by atoms with Crippen molar-refractivity contribution in [3.8, 4) is 0 Å². The Kier molecular flexibility index (Phi) is 5.32. The quantitative estimate of drug-likeness (QED) is 0.745. The lowest BCUT2D eigenvalue weighted by molar-refractivity contribution is -0.133. The smallest absolute Gasteiger partial charge is 0.325 e. The number of urea groups is 1. The highest BCUT2D eigenvalue weighted by atomic mass is 16.5. The molecule has 0 bridgehead atoms. The first-order valence-corrected chi connectivity index (χ1v) is 9.89. The minimum absolute atomic E-state index is 0.262. The molecule has 1 aromatic rings. The van der Waals surface area contributed by atoms with E-state index in [4.69, 9.17) is 4.74 Å². The summed E-state index contributed by atoms with van der Waals surface area (Å²) in [5.41, 5.74) is 1.04. The van der Waals surface area contributed by atoms with Gasteiger partial charge in [-0.1, -0.05) is 25.0 Å². The molecule has 1 aliphatic carbocycles. The topological polar surface area (TPSA) is 91.0 Å². The van der Waals surface area contributed by atoms with E-state index < -0.39 is 11.6 Å². The molecule has 8 nitrogen and oxygen atoms in total. The lowest BCUT2D eigenvalue weighted by atomic mass is 9.98. The Morgan fingerprint density at radius 3 is 2.46 bits per heavy atom. The van der Waals surface area contributed by atoms with Crippen molar-refractivity contribution in [1.29, 1.82) is 0 Å². The number of nitrogens with one attached hydrogen (secondary N) is 2.